The smallest absolute Gasteiger partial charge is 0.0144 e. The summed E-state index contributed by atoms with van der Waals surface area (Å²) in [6, 6.07) is 0. The Labute approximate surface area is 45.2 Å². The summed E-state index contributed by atoms with van der Waals surface area (Å²) < 4.78 is 0. The van der Waals surface area contributed by atoms with Crippen LogP contribution in [-0.4, -0.2) is 0 Å². The molecule has 1 rings (SSSR count). The predicted octanol–water partition coefficient (Wildman–Crippen LogP) is 2.36. The van der Waals surface area contributed by atoms with Crippen LogP contribution in [0.3, 0.4) is 0 Å². The van der Waals surface area contributed by atoms with Gasteiger partial charge in [-0.05, 0) is 18.3 Å². The minimum Gasteiger partial charge on any atom is -0.0993 e. The van der Waals surface area contributed by atoms with Gasteiger partial charge in [-0.15, -0.1) is 0 Å². The molecule has 1 aliphatic carbocycles. The first kappa shape index (κ1) is 4.89. The molecule has 0 radical (unpaired) electrons. The van der Waals surface area contributed by atoms with Crippen molar-refractivity contribution >= 4 is 0 Å². The summed E-state index contributed by atoms with van der Waals surface area (Å²) in [5, 5.41) is 0. The van der Waals surface area contributed by atoms with E-state index in [2.05, 4.69) is 20.4 Å². The minimum atomic E-state index is 0.486. The lowest BCUT2D eigenvalue weighted by Gasteiger charge is -2.37. The first-order chi connectivity index (χ1) is 3.13. The van der Waals surface area contributed by atoms with E-state index in [4.69, 9.17) is 0 Å². The minimum absolute atomic E-state index is 0.486. The second kappa shape index (κ2) is 1.12. The Morgan fingerprint density at radius 3 is 2.00 bits per heavy atom. The van der Waals surface area contributed by atoms with Gasteiger partial charge in [0.15, 0.2) is 0 Å². The van der Waals surface area contributed by atoms with Gasteiger partial charge in [-0.1, -0.05) is 26.0 Å². The second-order valence-corrected chi connectivity index (χ2v) is 2.99. The van der Waals surface area contributed by atoms with Crippen LogP contribution in [-0.2, 0) is 0 Å². The Balaban J connectivity index is 2.59. The van der Waals surface area contributed by atoms with E-state index in [0.717, 1.165) is 0 Å². The summed E-state index contributed by atoms with van der Waals surface area (Å²) in [4.78, 5) is 0. The average Bonchev–Trinajstić information content (AvgIpc) is 1.63. The Morgan fingerprint density at radius 1 is 1.57 bits per heavy atom. The molecule has 0 unspecified atom stereocenters. The van der Waals surface area contributed by atoms with Crippen molar-refractivity contribution < 1.29 is 0 Å². The van der Waals surface area contributed by atoms with Gasteiger partial charge < -0.3 is 0 Å². The standard InChI is InChI=1S/C7H12/c1-6-4-5-7(6,2)3/h1,4-5H2,2-3H3. The molecule has 1 fully saturated rings. The lowest BCUT2D eigenvalue weighted by Crippen LogP contribution is -2.23. The maximum Gasteiger partial charge on any atom is -0.0144 e. The fourth-order valence-electron chi connectivity index (χ4n) is 0.802. The summed E-state index contributed by atoms with van der Waals surface area (Å²) in [7, 11) is 0. The topological polar surface area (TPSA) is 0 Å². The average molecular weight is 96.2 g/mol. The molecule has 0 spiro atoms. The van der Waals surface area contributed by atoms with Gasteiger partial charge in [-0.3, -0.25) is 0 Å². The van der Waals surface area contributed by atoms with Crippen molar-refractivity contribution in [1.29, 1.82) is 0 Å². The van der Waals surface area contributed by atoms with Crippen LogP contribution in [0.15, 0.2) is 12.2 Å². The van der Waals surface area contributed by atoms with Gasteiger partial charge in [-0.2, -0.15) is 0 Å². The zero-order chi connectivity index (χ0) is 5.49. The van der Waals surface area contributed by atoms with Gasteiger partial charge in [0.2, 0.25) is 0 Å². The molecule has 0 N–H and O–H groups in total. The molecule has 0 nitrogen and oxygen atoms in total. The monoisotopic (exact) mass is 96.1 g/mol. The molecule has 0 heterocycles. The van der Waals surface area contributed by atoms with E-state index >= 15 is 0 Å². The molecular weight excluding hydrogens is 84.1 g/mol. The van der Waals surface area contributed by atoms with Gasteiger partial charge in [0.1, 0.15) is 0 Å². The quantitative estimate of drug-likeness (QED) is 0.406. The summed E-state index contributed by atoms with van der Waals surface area (Å²) in [5.41, 5.74) is 1.91. The van der Waals surface area contributed by atoms with E-state index in [1.165, 1.54) is 18.4 Å². The van der Waals surface area contributed by atoms with Crippen LogP contribution in [0.5, 0.6) is 0 Å². The molecule has 1 aliphatic rings. The van der Waals surface area contributed by atoms with Gasteiger partial charge in [-0.25, -0.2) is 0 Å². The van der Waals surface area contributed by atoms with Crippen LogP contribution < -0.4 is 0 Å². The molecule has 0 aromatic carbocycles. The van der Waals surface area contributed by atoms with E-state index in [-0.39, 0.29) is 0 Å². The maximum absolute atomic E-state index is 3.91. The highest BCUT2D eigenvalue weighted by Crippen LogP contribution is 2.43. The van der Waals surface area contributed by atoms with Crippen LogP contribution in [0.25, 0.3) is 0 Å². The van der Waals surface area contributed by atoms with E-state index in [1.54, 1.807) is 0 Å². The lowest BCUT2D eigenvalue weighted by molar-refractivity contribution is 0.307. The number of allylic oxidation sites excluding steroid dienone is 1. The summed E-state index contributed by atoms with van der Waals surface area (Å²) >= 11 is 0. The van der Waals surface area contributed by atoms with Crippen molar-refractivity contribution in [2.75, 3.05) is 0 Å². The Morgan fingerprint density at radius 2 is 2.00 bits per heavy atom. The zero-order valence-corrected chi connectivity index (χ0v) is 5.12. The Kier molecular flexibility index (Phi) is 0.781. The third-order valence-electron chi connectivity index (χ3n) is 2.01. The molecule has 0 aliphatic heterocycles. The fraction of sp³-hybridized carbons (Fsp3) is 0.714. The van der Waals surface area contributed by atoms with Crippen molar-refractivity contribution in [1.82, 2.24) is 0 Å². The highest BCUT2D eigenvalue weighted by Gasteiger charge is 2.29. The van der Waals surface area contributed by atoms with E-state index < -0.39 is 0 Å². The van der Waals surface area contributed by atoms with Crippen LogP contribution in [0.2, 0.25) is 0 Å². The van der Waals surface area contributed by atoms with E-state index in [0.29, 0.717) is 5.41 Å². The van der Waals surface area contributed by atoms with Crippen molar-refractivity contribution in [2.45, 2.75) is 26.7 Å². The first-order valence-electron chi connectivity index (χ1n) is 2.81. The molecular formula is C7H12. The molecule has 1 saturated carbocycles. The molecule has 0 atom stereocenters. The van der Waals surface area contributed by atoms with Crippen molar-refractivity contribution in [2.24, 2.45) is 5.41 Å². The third kappa shape index (κ3) is 0.583. The molecule has 0 aromatic heterocycles. The van der Waals surface area contributed by atoms with Gasteiger partial charge in [0, 0.05) is 0 Å². The molecule has 0 saturated heterocycles. The molecule has 0 aromatic rings. The highest BCUT2D eigenvalue weighted by atomic mass is 14.3. The molecule has 7 heavy (non-hydrogen) atoms. The van der Waals surface area contributed by atoms with E-state index in [1.807, 2.05) is 0 Å². The SMILES string of the molecule is C=C1CCC1(C)C. The normalized spacial score (nSPS) is 26.9. The zero-order valence-electron chi connectivity index (χ0n) is 5.12. The van der Waals surface area contributed by atoms with Crippen LogP contribution in [0.4, 0.5) is 0 Å². The van der Waals surface area contributed by atoms with Gasteiger partial charge >= 0.3 is 0 Å². The number of hydrogen-bond acceptors (Lipinski definition) is 0. The van der Waals surface area contributed by atoms with Gasteiger partial charge in [0.05, 0.1) is 0 Å². The Hall–Kier alpha value is -0.260. The number of hydrogen-bond donors (Lipinski definition) is 0. The van der Waals surface area contributed by atoms with Crippen LogP contribution >= 0.6 is 0 Å². The first-order valence-corrected chi connectivity index (χ1v) is 2.81. The third-order valence-corrected chi connectivity index (χ3v) is 2.01. The second-order valence-electron chi connectivity index (χ2n) is 2.99. The summed E-state index contributed by atoms with van der Waals surface area (Å²) in [6.07, 6.45) is 2.60. The molecule has 0 bridgehead atoms. The predicted molar refractivity (Wildman–Crippen MR) is 32.2 cm³/mol. The molecule has 40 valence electrons. The summed E-state index contributed by atoms with van der Waals surface area (Å²) in [5.74, 6) is 0. The molecule has 0 heteroatoms. The highest BCUT2D eigenvalue weighted by molar-refractivity contribution is 5.15. The van der Waals surface area contributed by atoms with Crippen molar-refractivity contribution in [3.8, 4) is 0 Å². The van der Waals surface area contributed by atoms with Crippen LogP contribution in [0.1, 0.15) is 26.7 Å². The lowest BCUT2D eigenvalue weighted by atomic mass is 9.68. The van der Waals surface area contributed by atoms with Crippen molar-refractivity contribution in [3.63, 3.8) is 0 Å². The summed E-state index contributed by atoms with van der Waals surface area (Å²) in [6.45, 7) is 8.41. The van der Waals surface area contributed by atoms with Gasteiger partial charge in [0.25, 0.3) is 0 Å². The largest absolute Gasteiger partial charge is 0.0993 e. The molecule has 0 amide bonds. The Bertz CT molecular complexity index is 98.6. The van der Waals surface area contributed by atoms with Crippen LogP contribution in [0, 0.1) is 5.41 Å². The van der Waals surface area contributed by atoms with E-state index in [9.17, 15) is 0 Å². The fourth-order valence-corrected chi connectivity index (χ4v) is 0.802. The maximum atomic E-state index is 3.91. The number of rotatable bonds is 0. The van der Waals surface area contributed by atoms with Crippen molar-refractivity contribution in [3.05, 3.63) is 12.2 Å².